The maximum absolute atomic E-state index is 13.1. The molecule has 0 radical (unpaired) electrons. The molecule has 0 aromatic heterocycles. The lowest BCUT2D eigenvalue weighted by atomic mass is 10.1. The van der Waals surface area contributed by atoms with Crippen LogP contribution in [0.5, 0.6) is 5.75 Å². The highest BCUT2D eigenvalue weighted by Crippen LogP contribution is 2.22. The number of nitrogens with zero attached hydrogens (tertiary/aromatic N) is 2. The summed E-state index contributed by atoms with van der Waals surface area (Å²) in [5.41, 5.74) is 1.72. The van der Waals surface area contributed by atoms with Gasteiger partial charge in [-0.2, -0.15) is 4.31 Å². The average Bonchev–Trinajstić information content (AvgIpc) is 2.75. The molecule has 1 fully saturated rings. The third-order valence-electron chi connectivity index (χ3n) is 5.63. The third-order valence-corrected chi connectivity index (χ3v) is 7.39. The Morgan fingerprint density at radius 1 is 1.03 bits per heavy atom. The number of ether oxygens (including phenoxy) is 1. The molecule has 0 atom stereocenters. The zero-order valence-electron chi connectivity index (χ0n) is 19.2. The number of carbonyl (C=O) groups is 1. The zero-order valence-corrected chi connectivity index (χ0v) is 20.1. The summed E-state index contributed by atoms with van der Waals surface area (Å²) in [4.78, 5) is 13.3. The molecule has 0 saturated carbocycles. The number of rotatable bonds is 9. The molecule has 2 aromatic carbocycles. The van der Waals surface area contributed by atoms with Crippen LogP contribution in [0.15, 0.2) is 54.6 Å². The molecule has 32 heavy (non-hydrogen) atoms. The Morgan fingerprint density at radius 3 is 2.22 bits per heavy atom. The van der Waals surface area contributed by atoms with E-state index >= 15 is 0 Å². The fourth-order valence-corrected chi connectivity index (χ4v) is 5.59. The van der Waals surface area contributed by atoms with Gasteiger partial charge in [-0.1, -0.05) is 56.3 Å². The van der Waals surface area contributed by atoms with Crippen LogP contribution in [-0.2, 0) is 27.1 Å². The second kappa shape index (κ2) is 11.0. The van der Waals surface area contributed by atoms with Crippen molar-refractivity contribution in [2.24, 2.45) is 5.92 Å². The van der Waals surface area contributed by atoms with Crippen LogP contribution in [0.2, 0.25) is 0 Å². The van der Waals surface area contributed by atoms with Crippen LogP contribution in [0, 0.1) is 5.92 Å². The zero-order chi connectivity index (χ0) is 23.1. The SMILES string of the molecule is CC(=O)N1CCC(Oc2ccc(CN(CC(C)C)S(=O)(=O)Cc3ccccc3)cc2)CC1. The van der Waals surface area contributed by atoms with E-state index in [0.717, 1.165) is 42.8 Å². The first kappa shape index (κ1) is 24.3. The van der Waals surface area contributed by atoms with Crippen LogP contribution in [0.3, 0.4) is 0 Å². The van der Waals surface area contributed by atoms with Crippen molar-refractivity contribution in [3.8, 4) is 5.75 Å². The van der Waals surface area contributed by atoms with Gasteiger partial charge in [0.2, 0.25) is 15.9 Å². The first-order chi connectivity index (χ1) is 15.2. The standard InChI is InChI=1S/C25H34N2O4S/c1-20(2)17-27(32(29,30)19-23-7-5-4-6-8-23)18-22-9-11-24(12-10-22)31-25-13-15-26(16-14-25)21(3)28/h4-12,20,25H,13-19H2,1-3H3. The molecule has 6 nitrogen and oxygen atoms in total. The van der Waals surface area contributed by atoms with E-state index in [0.29, 0.717) is 13.1 Å². The molecular formula is C25H34N2O4S. The second-order valence-corrected chi connectivity index (χ2v) is 10.9. The summed E-state index contributed by atoms with van der Waals surface area (Å²) < 4.78 is 33.9. The summed E-state index contributed by atoms with van der Waals surface area (Å²) in [5, 5.41) is 0. The molecule has 1 aliphatic rings. The lowest BCUT2D eigenvalue weighted by Gasteiger charge is -2.31. The maximum Gasteiger partial charge on any atom is 0.219 e. The lowest BCUT2D eigenvalue weighted by Crippen LogP contribution is -2.40. The Kier molecular flexibility index (Phi) is 8.32. The maximum atomic E-state index is 13.1. The van der Waals surface area contributed by atoms with Crippen molar-refractivity contribution in [1.82, 2.24) is 9.21 Å². The van der Waals surface area contributed by atoms with Crippen LogP contribution >= 0.6 is 0 Å². The molecule has 7 heteroatoms. The second-order valence-electron chi connectivity index (χ2n) is 8.90. The number of hydrogen-bond donors (Lipinski definition) is 0. The third kappa shape index (κ3) is 7.07. The monoisotopic (exact) mass is 458 g/mol. The van der Waals surface area contributed by atoms with Gasteiger partial charge in [-0.25, -0.2) is 8.42 Å². The molecular weight excluding hydrogens is 424 g/mol. The normalized spacial score (nSPS) is 15.3. The number of sulfonamides is 1. The predicted octanol–water partition coefficient (Wildman–Crippen LogP) is 4.06. The van der Waals surface area contributed by atoms with Gasteiger partial charge in [0.25, 0.3) is 0 Å². The van der Waals surface area contributed by atoms with Crippen molar-refractivity contribution in [2.75, 3.05) is 19.6 Å². The van der Waals surface area contributed by atoms with E-state index in [2.05, 4.69) is 0 Å². The minimum atomic E-state index is -3.44. The molecule has 0 bridgehead atoms. The number of benzene rings is 2. The minimum absolute atomic E-state index is 0.000710. The topological polar surface area (TPSA) is 66.9 Å². The highest BCUT2D eigenvalue weighted by atomic mass is 32.2. The molecule has 0 N–H and O–H groups in total. The van der Waals surface area contributed by atoms with Crippen molar-refractivity contribution in [3.63, 3.8) is 0 Å². The van der Waals surface area contributed by atoms with Crippen LogP contribution < -0.4 is 4.74 Å². The van der Waals surface area contributed by atoms with Gasteiger partial charge < -0.3 is 9.64 Å². The molecule has 0 unspecified atom stereocenters. The van der Waals surface area contributed by atoms with E-state index in [9.17, 15) is 13.2 Å². The fraction of sp³-hybridized carbons (Fsp3) is 0.480. The Labute approximate surface area is 192 Å². The van der Waals surface area contributed by atoms with E-state index in [1.165, 1.54) is 0 Å². The summed E-state index contributed by atoms with van der Waals surface area (Å²) in [6.45, 7) is 7.91. The van der Waals surface area contributed by atoms with Crippen molar-refractivity contribution in [3.05, 3.63) is 65.7 Å². The summed E-state index contributed by atoms with van der Waals surface area (Å²) in [5.74, 6) is 1.11. The van der Waals surface area contributed by atoms with Crippen LogP contribution in [-0.4, -0.2) is 49.3 Å². The van der Waals surface area contributed by atoms with Gasteiger partial charge >= 0.3 is 0 Å². The molecule has 1 saturated heterocycles. The highest BCUT2D eigenvalue weighted by Gasteiger charge is 2.24. The number of likely N-dealkylation sites (tertiary alicyclic amines) is 1. The molecule has 0 aliphatic carbocycles. The molecule has 3 rings (SSSR count). The summed E-state index contributed by atoms with van der Waals surface area (Å²) in [7, 11) is -3.44. The molecule has 2 aromatic rings. The van der Waals surface area contributed by atoms with Crippen LogP contribution in [0.4, 0.5) is 0 Å². The van der Waals surface area contributed by atoms with Gasteiger partial charge in [-0.15, -0.1) is 0 Å². The first-order valence-electron chi connectivity index (χ1n) is 11.3. The number of piperidine rings is 1. The van der Waals surface area contributed by atoms with E-state index in [-0.39, 0.29) is 23.7 Å². The lowest BCUT2D eigenvalue weighted by molar-refractivity contribution is -0.130. The molecule has 1 aliphatic heterocycles. The van der Waals surface area contributed by atoms with Gasteiger partial charge in [0.15, 0.2) is 0 Å². The van der Waals surface area contributed by atoms with E-state index in [4.69, 9.17) is 4.74 Å². The van der Waals surface area contributed by atoms with Gasteiger partial charge in [0.05, 0.1) is 5.75 Å². The van der Waals surface area contributed by atoms with Crippen molar-refractivity contribution in [2.45, 2.75) is 52.0 Å². The molecule has 1 heterocycles. The van der Waals surface area contributed by atoms with Gasteiger partial charge in [0.1, 0.15) is 11.9 Å². The number of carbonyl (C=O) groups excluding carboxylic acids is 1. The average molecular weight is 459 g/mol. The first-order valence-corrected chi connectivity index (χ1v) is 12.9. The molecule has 0 spiro atoms. The van der Waals surface area contributed by atoms with E-state index < -0.39 is 10.0 Å². The smallest absolute Gasteiger partial charge is 0.219 e. The quantitative estimate of drug-likeness (QED) is 0.568. The summed E-state index contributed by atoms with van der Waals surface area (Å²) in [6, 6.07) is 17.0. The van der Waals surface area contributed by atoms with Crippen LogP contribution in [0.1, 0.15) is 44.7 Å². The Hall–Kier alpha value is -2.38. The van der Waals surface area contributed by atoms with E-state index in [1.54, 1.807) is 11.2 Å². The Balaban J connectivity index is 1.62. The summed E-state index contributed by atoms with van der Waals surface area (Å²) >= 11 is 0. The van der Waals surface area contributed by atoms with Crippen LogP contribution in [0.25, 0.3) is 0 Å². The minimum Gasteiger partial charge on any atom is -0.490 e. The highest BCUT2D eigenvalue weighted by molar-refractivity contribution is 7.88. The van der Waals surface area contributed by atoms with Gasteiger partial charge in [-0.3, -0.25) is 4.79 Å². The Morgan fingerprint density at radius 2 is 1.66 bits per heavy atom. The van der Waals surface area contributed by atoms with Crippen molar-refractivity contribution >= 4 is 15.9 Å². The molecule has 174 valence electrons. The summed E-state index contributed by atoms with van der Waals surface area (Å²) in [6.07, 6.45) is 1.74. The fourth-order valence-electron chi connectivity index (χ4n) is 3.92. The number of amides is 1. The van der Waals surface area contributed by atoms with Crippen molar-refractivity contribution < 1.29 is 17.9 Å². The largest absolute Gasteiger partial charge is 0.490 e. The van der Waals surface area contributed by atoms with Crippen molar-refractivity contribution in [1.29, 1.82) is 0 Å². The van der Waals surface area contributed by atoms with E-state index in [1.807, 2.05) is 73.3 Å². The number of hydrogen-bond acceptors (Lipinski definition) is 4. The Bertz CT molecular complexity index is 967. The van der Waals surface area contributed by atoms with Gasteiger partial charge in [-0.05, 0) is 29.2 Å². The predicted molar refractivity (Wildman–Crippen MR) is 127 cm³/mol. The van der Waals surface area contributed by atoms with Gasteiger partial charge in [0, 0.05) is 45.9 Å². The molecule has 1 amide bonds.